The van der Waals surface area contributed by atoms with Gasteiger partial charge in [-0.1, -0.05) is 11.6 Å². The van der Waals surface area contributed by atoms with E-state index in [2.05, 4.69) is 10.3 Å². The predicted molar refractivity (Wildman–Crippen MR) is 123 cm³/mol. The van der Waals surface area contributed by atoms with Crippen molar-refractivity contribution >= 4 is 6.09 Å². The third-order valence-corrected chi connectivity index (χ3v) is 6.59. The standard InChI is InChI=1S/C24H35N5O4/c1-17-22(33-19-7-5-4-6-8-19)10-9-20(25-17)23-21(29(3)27-26-23)16-32-24(30)28(2)15-18-11-13-31-14-12-18/h9-10,18-19H,4-8,11-16H2,1-3H3. The number of aromatic nitrogens is 4. The minimum Gasteiger partial charge on any atom is -0.489 e. The second-order valence-corrected chi connectivity index (χ2v) is 9.16. The first-order chi connectivity index (χ1) is 16.0. The molecule has 1 aliphatic carbocycles. The third kappa shape index (κ3) is 6.01. The highest BCUT2D eigenvalue weighted by Gasteiger charge is 2.22. The maximum absolute atomic E-state index is 12.5. The van der Waals surface area contributed by atoms with E-state index in [1.165, 1.54) is 19.3 Å². The van der Waals surface area contributed by atoms with Crippen LogP contribution in [0.25, 0.3) is 11.4 Å². The van der Waals surface area contributed by atoms with Gasteiger partial charge in [0.05, 0.1) is 17.5 Å². The molecular weight excluding hydrogens is 422 g/mol. The summed E-state index contributed by atoms with van der Waals surface area (Å²) in [5.41, 5.74) is 2.83. The molecule has 0 N–H and O–H groups in total. The van der Waals surface area contributed by atoms with Gasteiger partial charge >= 0.3 is 6.09 Å². The maximum Gasteiger partial charge on any atom is 0.409 e. The van der Waals surface area contributed by atoms with E-state index in [-0.39, 0.29) is 18.8 Å². The summed E-state index contributed by atoms with van der Waals surface area (Å²) < 4.78 is 18.8. The SMILES string of the molecule is Cc1nc(-c2nnn(C)c2COC(=O)N(C)CC2CCOCC2)ccc1OC1CCCCC1. The largest absolute Gasteiger partial charge is 0.489 e. The predicted octanol–water partition coefficient (Wildman–Crippen LogP) is 3.89. The molecule has 0 atom stereocenters. The molecule has 0 bridgehead atoms. The zero-order valence-electron chi connectivity index (χ0n) is 20.0. The molecule has 4 rings (SSSR count). The van der Waals surface area contributed by atoms with E-state index in [0.717, 1.165) is 50.3 Å². The molecule has 0 radical (unpaired) electrons. The molecule has 1 saturated carbocycles. The molecule has 0 aromatic carbocycles. The summed E-state index contributed by atoms with van der Waals surface area (Å²) in [7, 11) is 3.56. The van der Waals surface area contributed by atoms with E-state index in [0.29, 0.717) is 29.5 Å². The summed E-state index contributed by atoms with van der Waals surface area (Å²) in [5, 5.41) is 8.41. The van der Waals surface area contributed by atoms with Gasteiger partial charge in [-0.05, 0) is 63.5 Å². The van der Waals surface area contributed by atoms with Crippen molar-refractivity contribution in [3.8, 4) is 17.1 Å². The lowest BCUT2D eigenvalue weighted by atomic mass is 9.98. The van der Waals surface area contributed by atoms with Crippen LogP contribution in [0.1, 0.15) is 56.3 Å². The summed E-state index contributed by atoms with van der Waals surface area (Å²) in [6, 6.07) is 3.86. The highest BCUT2D eigenvalue weighted by molar-refractivity contribution is 5.67. The Balaban J connectivity index is 1.38. The molecule has 1 saturated heterocycles. The van der Waals surface area contributed by atoms with Crippen LogP contribution in [0.3, 0.4) is 0 Å². The number of hydrogen-bond donors (Lipinski definition) is 0. The molecule has 3 heterocycles. The van der Waals surface area contributed by atoms with Crippen molar-refractivity contribution in [3.05, 3.63) is 23.5 Å². The van der Waals surface area contributed by atoms with Crippen LogP contribution in [0.5, 0.6) is 5.75 Å². The second kappa shape index (κ2) is 11.0. The second-order valence-electron chi connectivity index (χ2n) is 9.16. The van der Waals surface area contributed by atoms with Crippen molar-refractivity contribution in [3.63, 3.8) is 0 Å². The van der Waals surface area contributed by atoms with E-state index in [1.54, 1.807) is 23.7 Å². The Morgan fingerprint density at radius 3 is 2.67 bits per heavy atom. The Labute approximate surface area is 195 Å². The number of pyridine rings is 1. The van der Waals surface area contributed by atoms with Gasteiger partial charge in [-0.2, -0.15) is 0 Å². The van der Waals surface area contributed by atoms with Gasteiger partial charge in [-0.3, -0.25) is 0 Å². The lowest BCUT2D eigenvalue weighted by Gasteiger charge is -2.26. The Morgan fingerprint density at radius 1 is 1.18 bits per heavy atom. The lowest BCUT2D eigenvalue weighted by molar-refractivity contribution is 0.0493. The highest BCUT2D eigenvalue weighted by atomic mass is 16.6. The first kappa shape index (κ1) is 23.5. The molecule has 9 heteroatoms. The normalized spacial score (nSPS) is 17.7. The van der Waals surface area contributed by atoms with Gasteiger partial charge in [0.25, 0.3) is 0 Å². The van der Waals surface area contributed by atoms with Crippen LogP contribution in [-0.2, 0) is 23.1 Å². The maximum atomic E-state index is 12.5. The van der Waals surface area contributed by atoms with Crippen molar-refractivity contribution in [2.45, 2.75) is 64.6 Å². The minimum absolute atomic E-state index is 0.0802. The number of aryl methyl sites for hydroxylation is 2. The van der Waals surface area contributed by atoms with E-state index in [1.807, 2.05) is 19.1 Å². The summed E-state index contributed by atoms with van der Waals surface area (Å²) in [4.78, 5) is 18.9. The van der Waals surface area contributed by atoms with E-state index in [4.69, 9.17) is 19.2 Å². The molecule has 2 aromatic rings. The quantitative estimate of drug-likeness (QED) is 0.623. The molecular formula is C24H35N5O4. The van der Waals surface area contributed by atoms with Crippen LogP contribution in [-0.4, -0.2) is 63.9 Å². The first-order valence-electron chi connectivity index (χ1n) is 12.0. The van der Waals surface area contributed by atoms with Gasteiger partial charge in [0.15, 0.2) is 0 Å². The zero-order valence-corrected chi connectivity index (χ0v) is 20.0. The third-order valence-electron chi connectivity index (χ3n) is 6.59. The smallest absolute Gasteiger partial charge is 0.409 e. The average molecular weight is 458 g/mol. The van der Waals surface area contributed by atoms with Gasteiger partial charge in [-0.15, -0.1) is 5.10 Å². The average Bonchev–Trinajstić information content (AvgIpc) is 3.20. The fraction of sp³-hybridized carbons (Fsp3) is 0.667. The summed E-state index contributed by atoms with van der Waals surface area (Å²) >= 11 is 0. The van der Waals surface area contributed by atoms with Gasteiger partial charge in [0, 0.05) is 33.9 Å². The van der Waals surface area contributed by atoms with Crippen molar-refractivity contribution in [2.24, 2.45) is 13.0 Å². The molecule has 33 heavy (non-hydrogen) atoms. The molecule has 2 fully saturated rings. The Hall–Kier alpha value is -2.68. The molecule has 9 nitrogen and oxygen atoms in total. The number of nitrogens with zero attached hydrogens (tertiary/aromatic N) is 5. The molecule has 1 aliphatic heterocycles. The van der Waals surface area contributed by atoms with Crippen molar-refractivity contribution < 1.29 is 19.0 Å². The van der Waals surface area contributed by atoms with Crippen LogP contribution in [0.15, 0.2) is 12.1 Å². The minimum atomic E-state index is -0.353. The van der Waals surface area contributed by atoms with Crippen LogP contribution < -0.4 is 4.74 Å². The fourth-order valence-corrected chi connectivity index (χ4v) is 4.54. The first-order valence-corrected chi connectivity index (χ1v) is 12.0. The summed E-state index contributed by atoms with van der Waals surface area (Å²) in [6.45, 7) is 4.21. The molecule has 180 valence electrons. The van der Waals surface area contributed by atoms with Crippen LogP contribution in [0, 0.1) is 12.8 Å². The van der Waals surface area contributed by atoms with Gasteiger partial charge in [0.2, 0.25) is 0 Å². The summed E-state index contributed by atoms with van der Waals surface area (Å²) in [6.07, 6.45) is 7.80. The Bertz CT molecular complexity index is 935. The number of carbonyl (C=O) groups excluding carboxylic acids is 1. The van der Waals surface area contributed by atoms with E-state index < -0.39 is 0 Å². The van der Waals surface area contributed by atoms with Crippen molar-refractivity contribution in [1.29, 1.82) is 0 Å². The van der Waals surface area contributed by atoms with Gasteiger partial charge < -0.3 is 19.1 Å². The summed E-state index contributed by atoms with van der Waals surface area (Å²) in [5.74, 6) is 1.27. The number of hydrogen-bond acceptors (Lipinski definition) is 7. The number of carbonyl (C=O) groups is 1. The number of ether oxygens (including phenoxy) is 3. The van der Waals surface area contributed by atoms with Crippen LogP contribution in [0.4, 0.5) is 4.79 Å². The number of rotatable bonds is 7. The highest BCUT2D eigenvalue weighted by Crippen LogP contribution is 2.28. The topological polar surface area (TPSA) is 91.6 Å². The Morgan fingerprint density at radius 2 is 1.94 bits per heavy atom. The van der Waals surface area contributed by atoms with Crippen LogP contribution >= 0.6 is 0 Å². The van der Waals surface area contributed by atoms with Crippen LogP contribution in [0.2, 0.25) is 0 Å². The van der Waals surface area contributed by atoms with Gasteiger partial charge in [-0.25, -0.2) is 14.5 Å². The van der Waals surface area contributed by atoms with Crippen molar-refractivity contribution in [2.75, 3.05) is 26.8 Å². The lowest BCUT2D eigenvalue weighted by Crippen LogP contribution is -2.34. The Kier molecular flexibility index (Phi) is 7.80. The molecule has 0 unspecified atom stereocenters. The zero-order chi connectivity index (χ0) is 23.2. The number of amides is 1. The molecule has 2 aromatic heterocycles. The monoisotopic (exact) mass is 457 g/mol. The fourth-order valence-electron chi connectivity index (χ4n) is 4.54. The molecule has 0 spiro atoms. The molecule has 2 aliphatic rings. The van der Waals surface area contributed by atoms with E-state index >= 15 is 0 Å². The van der Waals surface area contributed by atoms with Crippen molar-refractivity contribution in [1.82, 2.24) is 24.9 Å². The van der Waals surface area contributed by atoms with Gasteiger partial charge in [0.1, 0.15) is 23.7 Å². The van der Waals surface area contributed by atoms with E-state index in [9.17, 15) is 4.79 Å². The molecule has 1 amide bonds.